The van der Waals surface area contributed by atoms with Crippen molar-refractivity contribution in [3.63, 3.8) is 0 Å². The number of carbonyl (C=O) groups excluding carboxylic acids is 3. The molecule has 9 heteroatoms. The SMILES string of the molecule is CC(=O)N1CCC(C(=O)[C@@]2(N(C)C(=O)Oc3ccc(F)cc3)CNC[C@@]2(C)c2ccc(Cl)cc2)CC1. The summed E-state index contributed by atoms with van der Waals surface area (Å²) in [5, 5.41) is 3.93. The highest BCUT2D eigenvalue weighted by Gasteiger charge is 2.62. The van der Waals surface area contributed by atoms with Crippen LogP contribution in [-0.2, 0) is 15.0 Å². The zero-order chi connectivity index (χ0) is 26.1. The summed E-state index contributed by atoms with van der Waals surface area (Å²) >= 11 is 6.15. The van der Waals surface area contributed by atoms with E-state index in [2.05, 4.69) is 5.32 Å². The molecule has 2 amide bonds. The third-order valence-electron chi connectivity index (χ3n) is 7.84. The van der Waals surface area contributed by atoms with Gasteiger partial charge >= 0.3 is 6.09 Å². The molecule has 4 rings (SSSR count). The number of benzene rings is 2. The van der Waals surface area contributed by atoms with Crippen LogP contribution < -0.4 is 10.1 Å². The van der Waals surface area contributed by atoms with Crippen LogP contribution in [0.15, 0.2) is 48.5 Å². The zero-order valence-corrected chi connectivity index (χ0v) is 21.5. The van der Waals surface area contributed by atoms with E-state index in [0.29, 0.717) is 37.5 Å². The fourth-order valence-corrected chi connectivity index (χ4v) is 5.75. The van der Waals surface area contributed by atoms with Gasteiger partial charge < -0.3 is 15.0 Å². The van der Waals surface area contributed by atoms with Crippen LogP contribution in [0, 0.1) is 11.7 Å². The van der Waals surface area contributed by atoms with E-state index in [4.69, 9.17) is 16.3 Å². The van der Waals surface area contributed by atoms with Gasteiger partial charge in [0.05, 0.1) is 0 Å². The maximum Gasteiger partial charge on any atom is 0.415 e. The molecule has 0 unspecified atom stereocenters. The van der Waals surface area contributed by atoms with Gasteiger partial charge in [-0.25, -0.2) is 9.18 Å². The lowest BCUT2D eigenvalue weighted by Crippen LogP contribution is -2.68. The van der Waals surface area contributed by atoms with Crippen molar-refractivity contribution < 1.29 is 23.5 Å². The van der Waals surface area contributed by atoms with Crippen LogP contribution in [0.1, 0.15) is 32.3 Å². The molecule has 2 atom stereocenters. The maximum atomic E-state index is 14.4. The van der Waals surface area contributed by atoms with E-state index in [1.54, 1.807) is 24.1 Å². The van der Waals surface area contributed by atoms with E-state index in [1.165, 1.54) is 36.1 Å². The first-order valence-corrected chi connectivity index (χ1v) is 12.4. The van der Waals surface area contributed by atoms with Gasteiger partial charge in [-0.15, -0.1) is 0 Å². The van der Waals surface area contributed by atoms with Crippen molar-refractivity contribution in [2.24, 2.45) is 5.92 Å². The van der Waals surface area contributed by atoms with Crippen molar-refractivity contribution in [1.82, 2.24) is 15.1 Å². The number of rotatable bonds is 5. The molecule has 7 nitrogen and oxygen atoms in total. The van der Waals surface area contributed by atoms with Gasteiger partial charge in [0.15, 0.2) is 5.78 Å². The summed E-state index contributed by atoms with van der Waals surface area (Å²) in [6.07, 6.45) is 0.343. The summed E-state index contributed by atoms with van der Waals surface area (Å²) in [6, 6.07) is 12.5. The monoisotopic (exact) mass is 515 g/mol. The lowest BCUT2D eigenvalue weighted by molar-refractivity contribution is -0.140. The first-order chi connectivity index (χ1) is 17.1. The van der Waals surface area contributed by atoms with Crippen LogP contribution in [0.2, 0.25) is 5.02 Å². The van der Waals surface area contributed by atoms with Crippen molar-refractivity contribution in [1.29, 1.82) is 0 Å². The van der Waals surface area contributed by atoms with E-state index in [-0.39, 0.29) is 29.9 Å². The molecule has 0 spiro atoms. The van der Waals surface area contributed by atoms with Gasteiger partial charge in [-0.3, -0.25) is 14.5 Å². The number of ketones is 1. The maximum absolute atomic E-state index is 14.4. The zero-order valence-electron chi connectivity index (χ0n) is 20.7. The smallest absolute Gasteiger partial charge is 0.410 e. The molecule has 192 valence electrons. The molecule has 2 fully saturated rings. The first-order valence-electron chi connectivity index (χ1n) is 12.1. The summed E-state index contributed by atoms with van der Waals surface area (Å²) < 4.78 is 18.9. The summed E-state index contributed by atoms with van der Waals surface area (Å²) in [7, 11) is 1.58. The van der Waals surface area contributed by atoms with Crippen molar-refractivity contribution in [3.05, 3.63) is 64.9 Å². The second-order valence-corrected chi connectivity index (χ2v) is 10.3. The van der Waals surface area contributed by atoms with Gasteiger partial charge in [-0.05, 0) is 54.8 Å². The quantitative estimate of drug-likeness (QED) is 0.650. The number of halogens is 2. The van der Waals surface area contributed by atoms with Crippen LogP contribution in [0.5, 0.6) is 5.75 Å². The average molecular weight is 516 g/mol. The Kier molecular flexibility index (Phi) is 7.38. The van der Waals surface area contributed by atoms with Crippen LogP contribution in [0.25, 0.3) is 0 Å². The summed E-state index contributed by atoms with van der Waals surface area (Å²) in [5.74, 6) is -0.657. The summed E-state index contributed by atoms with van der Waals surface area (Å²) in [5.41, 5.74) is -1.18. The molecule has 0 bridgehead atoms. The standard InChI is InChI=1S/C27H31ClFN3O4/c1-18(33)32-14-12-19(13-15-32)24(34)27(31(3)25(35)36-23-10-8-22(29)9-11-23)17-30-16-26(27,2)20-4-6-21(28)7-5-20/h4-11,19,30H,12-17H2,1-3H3/t26-,27-/m0/s1. The molecule has 0 saturated carbocycles. The number of piperidine rings is 1. The Hall–Kier alpha value is -2.97. The Balaban J connectivity index is 1.72. The molecule has 0 radical (unpaired) electrons. The molecule has 0 aliphatic carbocycles. The summed E-state index contributed by atoms with van der Waals surface area (Å²) in [6.45, 7) is 5.20. The Bertz CT molecular complexity index is 1130. The van der Waals surface area contributed by atoms with Gasteiger partial charge in [0.25, 0.3) is 0 Å². The number of likely N-dealkylation sites (tertiary alicyclic amines) is 1. The van der Waals surface area contributed by atoms with E-state index < -0.39 is 22.9 Å². The molecule has 0 aromatic heterocycles. The largest absolute Gasteiger partial charge is 0.415 e. The normalized spacial score (nSPS) is 24.4. The van der Waals surface area contributed by atoms with Gasteiger partial charge in [-0.2, -0.15) is 0 Å². The Morgan fingerprint density at radius 2 is 1.67 bits per heavy atom. The molecular weight excluding hydrogens is 485 g/mol. The van der Waals surface area contributed by atoms with Crippen molar-refractivity contribution in [3.8, 4) is 5.75 Å². The lowest BCUT2D eigenvalue weighted by Gasteiger charge is -2.49. The van der Waals surface area contributed by atoms with Crippen molar-refractivity contribution in [2.75, 3.05) is 33.2 Å². The third-order valence-corrected chi connectivity index (χ3v) is 8.09. The molecule has 2 aliphatic rings. The van der Waals surface area contributed by atoms with Crippen LogP contribution in [-0.4, -0.2) is 66.3 Å². The minimum atomic E-state index is -1.26. The molecule has 2 aliphatic heterocycles. The number of Topliss-reactive ketones (excluding diaryl/α,β-unsaturated/α-hetero) is 1. The minimum Gasteiger partial charge on any atom is -0.410 e. The Morgan fingerprint density at radius 1 is 1.06 bits per heavy atom. The number of nitrogens with one attached hydrogen (secondary N) is 1. The molecule has 36 heavy (non-hydrogen) atoms. The van der Waals surface area contributed by atoms with Crippen LogP contribution >= 0.6 is 11.6 Å². The second-order valence-electron chi connectivity index (χ2n) is 9.83. The Labute approximate surface area is 215 Å². The van der Waals surface area contributed by atoms with Crippen LogP contribution in [0.3, 0.4) is 0 Å². The van der Waals surface area contributed by atoms with E-state index in [9.17, 15) is 18.8 Å². The second kappa shape index (κ2) is 10.2. The highest BCUT2D eigenvalue weighted by Crippen LogP contribution is 2.45. The minimum absolute atomic E-state index is 0.0101. The third kappa shape index (κ3) is 4.60. The van der Waals surface area contributed by atoms with Gasteiger partial charge in [0, 0.05) is 56.5 Å². The lowest BCUT2D eigenvalue weighted by atomic mass is 9.63. The summed E-state index contributed by atoms with van der Waals surface area (Å²) in [4.78, 5) is 42.8. The number of ether oxygens (including phenoxy) is 1. The predicted molar refractivity (Wildman–Crippen MR) is 135 cm³/mol. The number of hydrogen-bond donors (Lipinski definition) is 1. The Morgan fingerprint density at radius 3 is 2.25 bits per heavy atom. The molecule has 2 aromatic carbocycles. The fraction of sp³-hybridized carbons (Fsp3) is 0.444. The highest BCUT2D eigenvalue weighted by atomic mass is 35.5. The molecule has 1 N–H and O–H groups in total. The van der Waals surface area contributed by atoms with Crippen molar-refractivity contribution in [2.45, 2.75) is 37.6 Å². The first kappa shape index (κ1) is 26.1. The number of nitrogens with zero attached hydrogens (tertiary/aromatic N) is 2. The number of carbonyl (C=O) groups is 3. The predicted octanol–water partition coefficient (Wildman–Crippen LogP) is 4.04. The van der Waals surface area contributed by atoms with Crippen molar-refractivity contribution >= 4 is 29.4 Å². The average Bonchev–Trinajstić information content (AvgIpc) is 3.23. The number of amides is 2. The van der Waals surface area contributed by atoms with E-state index >= 15 is 0 Å². The number of likely N-dealkylation sites (N-methyl/N-ethyl adjacent to an activating group) is 1. The van der Waals surface area contributed by atoms with E-state index in [1.807, 2.05) is 19.1 Å². The molecule has 2 heterocycles. The van der Waals surface area contributed by atoms with E-state index in [0.717, 1.165) is 5.56 Å². The molecule has 2 aromatic rings. The van der Waals surface area contributed by atoms with Gasteiger partial charge in [0.1, 0.15) is 17.1 Å². The van der Waals surface area contributed by atoms with Gasteiger partial charge in [-0.1, -0.05) is 30.7 Å². The topological polar surface area (TPSA) is 79.0 Å². The molecular formula is C27H31ClFN3O4. The van der Waals surface area contributed by atoms with Crippen LogP contribution in [0.4, 0.5) is 9.18 Å². The highest BCUT2D eigenvalue weighted by molar-refractivity contribution is 6.30. The fourth-order valence-electron chi connectivity index (χ4n) is 5.63. The number of hydrogen-bond acceptors (Lipinski definition) is 5. The molecule has 2 saturated heterocycles. The van der Waals surface area contributed by atoms with Gasteiger partial charge in [0.2, 0.25) is 5.91 Å².